The van der Waals surface area contributed by atoms with Crippen molar-refractivity contribution in [1.29, 1.82) is 0 Å². The third-order valence-corrected chi connectivity index (χ3v) is 2.71. The van der Waals surface area contributed by atoms with Crippen LogP contribution in [0.25, 0.3) is 0 Å². The molecule has 0 radical (unpaired) electrons. The van der Waals surface area contributed by atoms with E-state index < -0.39 is 0 Å². The van der Waals surface area contributed by atoms with Gasteiger partial charge in [-0.3, -0.25) is 4.79 Å². The molecular formula is C11H24N2O. The lowest BCUT2D eigenvalue weighted by Crippen LogP contribution is -2.35. The average molecular weight is 200 g/mol. The molecule has 0 rings (SSSR count). The highest BCUT2D eigenvalue weighted by Crippen LogP contribution is 2.24. The maximum absolute atomic E-state index is 11.7. The summed E-state index contributed by atoms with van der Waals surface area (Å²) in [5.41, 5.74) is 0.130. The number of likely N-dealkylation sites (N-methyl/N-ethyl adjacent to an activating group) is 2. The monoisotopic (exact) mass is 200 g/mol. The zero-order chi connectivity index (χ0) is 11.2. The lowest BCUT2D eigenvalue weighted by Gasteiger charge is -2.25. The molecular weight excluding hydrogens is 176 g/mol. The highest BCUT2D eigenvalue weighted by atomic mass is 16.2. The van der Waals surface area contributed by atoms with E-state index in [0.29, 0.717) is 6.42 Å². The van der Waals surface area contributed by atoms with E-state index in [1.807, 2.05) is 14.1 Å². The maximum atomic E-state index is 11.7. The van der Waals surface area contributed by atoms with E-state index in [1.54, 1.807) is 4.90 Å². The molecule has 0 atom stereocenters. The van der Waals surface area contributed by atoms with Crippen LogP contribution in [-0.4, -0.2) is 38.0 Å². The Morgan fingerprint density at radius 2 is 2.00 bits per heavy atom. The predicted molar refractivity (Wildman–Crippen MR) is 60.3 cm³/mol. The third kappa shape index (κ3) is 5.22. The van der Waals surface area contributed by atoms with Crippen molar-refractivity contribution in [1.82, 2.24) is 10.2 Å². The lowest BCUT2D eigenvalue weighted by molar-refractivity contribution is -0.132. The second-order valence-corrected chi connectivity index (χ2v) is 4.61. The molecule has 0 aliphatic rings. The molecule has 84 valence electrons. The number of hydrogen-bond donors (Lipinski definition) is 1. The van der Waals surface area contributed by atoms with Crippen molar-refractivity contribution < 1.29 is 4.79 Å². The molecule has 0 fully saturated rings. The van der Waals surface area contributed by atoms with E-state index in [9.17, 15) is 4.79 Å². The standard InChI is InChI=1S/C11H24N2O/c1-6-11(2,3)9-10(14)13(5)8-7-12-4/h12H,6-9H2,1-5H3. The molecule has 0 aromatic heterocycles. The predicted octanol–water partition coefficient (Wildman–Crippen LogP) is 1.49. The van der Waals surface area contributed by atoms with Gasteiger partial charge in [0.1, 0.15) is 0 Å². The molecule has 0 spiro atoms. The maximum Gasteiger partial charge on any atom is 0.222 e. The Morgan fingerprint density at radius 3 is 2.43 bits per heavy atom. The van der Waals surface area contributed by atoms with Gasteiger partial charge >= 0.3 is 0 Å². The van der Waals surface area contributed by atoms with Gasteiger partial charge in [-0.05, 0) is 12.5 Å². The molecule has 0 aliphatic carbocycles. The summed E-state index contributed by atoms with van der Waals surface area (Å²) in [5, 5.41) is 3.04. The van der Waals surface area contributed by atoms with Crippen molar-refractivity contribution in [2.75, 3.05) is 27.2 Å². The number of rotatable bonds is 6. The Balaban J connectivity index is 3.95. The molecule has 1 amide bonds. The highest BCUT2D eigenvalue weighted by Gasteiger charge is 2.21. The summed E-state index contributed by atoms with van der Waals surface area (Å²) in [7, 11) is 3.76. The fourth-order valence-electron chi connectivity index (χ4n) is 1.07. The molecule has 0 heterocycles. The molecule has 3 nitrogen and oxygen atoms in total. The summed E-state index contributed by atoms with van der Waals surface area (Å²) in [6.07, 6.45) is 1.68. The highest BCUT2D eigenvalue weighted by molar-refractivity contribution is 5.76. The van der Waals surface area contributed by atoms with Crippen LogP contribution in [0.2, 0.25) is 0 Å². The van der Waals surface area contributed by atoms with E-state index in [-0.39, 0.29) is 11.3 Å². The first kappa shape index (κ1) is 13.4. The Labute approximate surface area is 87.9 Å². The van der Waals surface area contributed by atoms with E-state index >= 15 is 0 Å². The van der Waals surface area contributed by atoms with Gasteiger partial charge in [-0.2, -0.15) is 0 Å². The minimum atomic E-state index is 0.130. The normalized spacial score (nSPS) is 11.5. The minimum absolute atomic E-state index is 0.130. The summed E-state index contributed by atoms with van der Waals surface area (Å²) in [4.78, 5) is 13.5. The quantitative estimate of drug-likeness (QED) is 0.704. The summed E-state index contributed by atoms with van der Waals surface area (Å²) in [5.74, 6) is 0.243. The van der Waals surface area contributed by atoms with Gasteiger partial charge in [0.05, 0.1) is 0 Å². The zero-order valence-electron chi connectivity index (χ0n) is 10.2. The molecule has 3 heteroatoms. The van der Waals surface area contributed by atoms with Crippen molar-refractivity contribution >= 4 is 5.91 Å². The molecule has 0 unspecified atom stereocenters. The van der Waals surface area contributed by atoms with Crippen LogP contribution in [0.15, 0.2) is 0 Å². The topological polar surface area (TPSA) is 32.3 Å². The zero-order valence-corrected chi connectivity index (χ0v) is 10.2. The number of nitrogens with one attached hydrogen (secondary N) is 1. The van der Waals surface area contributed by atoms with Gasteiger partial charge in [-0.15, -0.1) is 0 Å². The second kappa shape index (κ2) is 6.02. The van der Waals surface area contributed by atoms with Crippen molar-refractivity contribution in [3.8, 4) is 0 Å². The number of hydrogen-bond acceptors (Lipinski definition) is 2. The van der Waals surface area contributed by atoms with Crippen molar-refractivity contribution in [3.63, 3.8) is 0 Å². The smallest absolute Gasteiger partial charge is 0.222 e. The van der Waals surface area contributed by atoms with E-state index in [1.165, 1.54) is 0 Å². The molecule has 1 N–H and O–H groups in total. The van der Waals surface area contributed by atoms with Crippen molar-refractivity contribution in [2.45, 2.75) is 33.6 Å². The fraction of sp³-hybridized carbons (Fsp3) is 0.909. The largest absolute Gasteiger partial charge is 0.344 e. The molecule has 0 aromatic carbocycles. The lowest BCUT2D eigenvalue weighted by atomic mass is 9.86. The Morgan fingerprint density at radius 1 is 1.43 bits per heavy atom. The Kier molecular flexibility index (Phi) is 5.77. The number of carbonyl (C=O) groups is 1. The molecule has 0 saturated heterocycles. The first-order chi connectivity index (χ1) is 6.43. The van der Waals surface area contributed by atoms with Gasteiger partial charge < -0.3 is 10.2 Å². The molecule has 0 bridgehead atoms. The van der Waals surface area contributed by atoms with Crippen LogP contribution >= 0.6 is 0 Å². The summed E-state index contributed by atoms with van der Waals surface area (Å²) in [6, 6.07) is 0. The van der Waals surface area contributed by atoms with Crippen LogP contribution < -0.4 is 5.32 Å². The number of amides is 1. The van der Waals surface area contributed by atoms with Gasteiger partial charge in [0.2, 0.25) is 5.91 Å². The SMILES string of the molecule is CCC(C)(C)CC(=O)N(C)CCNC. The van der Waals surface area contributed by atoms with Crippen LogP contribution in [0.4, 0.5) is 0 Å². The van der Waals surface area contributed by atoms with Crippen LogP contribution in [0.5, 0.6) is 0 Å². The van der Waals surface area contributed by atoms with Crippen molar-refractivity contribution in [3.05, 3.63) is 0 Å². The average Bonchev–Trinajstić information content (AvgIpc) is 2.13. The van der Waals surface area contributed by atoms with Gasteiger partial charge in [0.15, 0.2) is 0 Å². The van der Waals surface area contributed by atoms with E-state index in [4.69, 9.17) is 0 Å². The Bertz CT molecular complexity index is 178. The summed E-state index contributed by atoms with van der Waals surface area (Å²) >= 11 is 0. The summed E-state index contributed by atoms with van der Waals surface area (Å²) in [6.45, 7) is 8.04. The fourth-order valence-corrected chi connectivity index (χ4v) is 1.07. The Hall–Kier alpha value is -0.570. The summed E-state index contributed by atoms with van der Waals surface area (Å²) < 4.78 is 0. The van der Waals surface area contributed by atoms with Gasteiger partial charge in [-0.1, -0.05) is 27.2 Å². The first-order valence-corrected chi connectivity index (χ1v) is 5.31. The second-order valence-electron chi connectivity index (χ2n) is 4.61. The molecule has 0 saturated carbocycles. The number of nitrogens with zero attached hydrogens (tertiary/aromatic N) is 1. The minimum Gasteiger partial charge on any atom is -0.344 e. The van der Waals surface area contributed by atoms with E-state index in [0.717, 1.165) is 19.5 Å². The molecule has 0 aliphatic heterocycles. The van der Waals surface area contributed by atoms with Crippen LogP contribution in [0, 0.1) is 5.41 Å². The third-order valence-electron chi connectivity index (χ3n) is 2.71. The van der Waals surface area contributed by atoms with E-state index in [2.05, 4.69) is 26.1 Å². The first-order valence-electron chi connectivity index (χ1n) is 5.31. The molecule has 0 aromatic rings. The van der Waals surface area contributed by atoms with Gasteiger partial charge in [-0.25, -0.2) is 0 Å². The van der Waals surface area contributed by atoms with Crippen LogP contribution in [0.3, 0.4) is 0 Å². The van der Waals surface area contributed by atoms with Gasteiger partial charge in [0, 0.05) is 26.6 Å². The van der Waals surface area contributed by atoms with Crippen LogP contribution in [0.1, 0.15) is 33.6 Å². The molecule has 14 heavy (non-hydrogen) atoms. The van der Waals surface area contributed by atoms with Gasteiger partial charge in [0.25, 0.3) is 0 Å². The van der Waals surface area contributed by atoms with Crippen molar-refractivity contribution in [2.24, 2.45) is 5.41 Å². The van der Waals surface area contributed by atoms with Crippen LogP contribution in [-0.2, 0) is 4.79 Å². The number of carbonyl (C=O) groups excluding carboxylic acids is 1.